The van der Waals surface area contributed by atoms with E-state index in [1.54, 1.807) is 13.2 Å². The van der Waals surface area contributed by atoms with E-state index in [0.717, 1.165) is 83.1 Å². The van der Waals surface area contributed by atoms with E-state index in [9.17, 15) is 5.11 Å². The molecule has 0 bridgehead atoms. The van der Waals surface area contributed by atoms with E-state index in [1.807, 2.05) is 62.4 Å². The monoisotopic (exact) mass is 1410 g/mol. The van der Waals surface area contributed by atoms with E-state index in [2.05, 4.69) is 245 Å². The lowest BCUT2D eigenvalue weighted by molar-refractivity contribution is 0.287. The standard InChI is InChI=1S/C14H22O2.C12H18O.C12H18.C11H15Br.C11H15Cl.C11H15I.C11H16O/c1-4-7-8-12-9-10-13(15-5-2)14(11-12)16-6-3;1-10(2)4-5-11-6-8-12(13-3)9-7-11;1-10(2)8-9-12-7-5-4-6-11(12)3;1-9(2)7-8-10-5-3-4-6-11(10)12;1-9(2)3-4-10-5-7-11(12)8-6-10;2*1-9(2)7-8-10-5-3-4-6-11(10)12/h9-11H,4-8H2,1-3H3;6-10H,4-5H2,1-3H3;4-7,10H,8-9H2,1-3H3;3-6,9H,7-8H2,1-2H3;5-9H,3-4H2,1-2H3;3-6,9H,7-8H2,1-2H3;3-6,9,12H,7-8H2,1-2H3. The lowest BCUT2D eigenvalue weighted by atomic mass is 9.99. The van der Waals surface area contributed by atoms with Crippen molar-refractivity contribution >= 4 is 50.1 Å². The van der Waals surface area contributed by atoms with Crippen LogP contribution in [0.3, 0.4) is 0 Å². The largest absolute Gasteiger partial charge is 0.508 e. The van der Waals surface area contributed by atoms with Gasteiger partial charge in [-0.2, -0.15) is 0 Å². The minimum Gasteiger partial charge on any atom is -0.508 e. The predicted molar refractivity (Wildman–Crippen MR) is 403 cm³/mol. The van der Waals surface area contributed by atoms with Gasteiger partial charge < -0.3 is 19.3 Å². The van der Waals surface area contributed by atoms with E-state index in [0.29, 0.717) is 24.9 Å². The zero-order chi connectivity index (χ0) is 66.4. The minimum absolute atomic E-state index is 0.429. The normalized spacial score (nSPS) is 10.5. The summed E-state index contributed by atoms with van der Waals surface area (Å²) in [6, 6.07) is 56.0. The highest BCUT2D eigenvalue weighted by Crippen LogP contribution is 2.29. The van der Waals surface area contributed by atoms with E-state index in [-0.39, 0.29) is 0 Å². The van der Waals surface area contributed by atoms with Gasteiger partial charge in [-0.3, -0.25) is 0 Å². The van der Waals surface area contributed by atoms with Crippen LogP contribution in [-0.4, -0.2) is 25.4 Å². The van der Waals surface area contributed by atoms with Crippen LogP contribution in [0.1, 0.15) is 200 Å². The van der Waals surface area contributed by atoms with Crippen LogP contribution in [0.4, 0.5) is 0 Å². The maximum Gasteiger partial charge on any atom is 0.161 e. The number of benzene rings is 7. The summed E-state index contributed by atoms with van der Waals surface area (Å²) in [5.74, 6) is 7.75. The number of aryl methyl sites for hydroxylation is 8. The number of halogens is 3. The Morgan fingerprint density at radius 2 is 0.820 bits per heavy atom. The fraction of sp³-hybridized carbons (Fsp3) is 0.488. The Kier molecular flexibility index (Phi) is 47.0. The van der Waals surface area contributed by atoms with Crippen LogP contribution in [0.25, 0.3) is 0 Å². The predicted octanol–water partition coefficient (Wildman–Crippen LogP) is 25.5. The molecule has 0 saturated carbocycles. The van der Waals surface area contributed by atoms with E-state index in [4.69, 9.17) is 25.8 Å². The first-order chi connectivity index (χ1) is 42.5. The minimum atomic E-state index is 0.429. The number of ether oxygens (including phenoxy) is 3. The first-order valence-corrected chi connectivity index (χ1v) is 35.8. The molecule has 7 aromatic rings. The fourth-order valence-electron chi connectivity index (χ4n) is 8.78. The molecule has 0 saturated heterocycles. The van der Waals surface area contributed by atoms with Crippen LogP contribution in [0.2, 0.25) is 5.02 Å². The molecule has 0 aromatic heterocycles. The molecule has 7 heteroatoms. The average molecular weight is 1410 g/mol. The molecule has 0 amide bonds. The molecule has 0 radical (unpaired) electrons. The van der Waals surface area contributed by atoms with Gasteiger partial charge in [0.1, 0.15) is 11.5 Å². The molecular weight excluding hydrogens is 1290 g/mol. The Morgan fingerprint density at radius 3 is 1.28 bits per heavy atom. The third-order valence-corrected chi connectivity index (χ3v) is 16.7. The molecule has 0 atom stereocenters. The number of rotatable bonds is 26. The number of unbranched alkanes of at least 4 members (excludes halogenated alkanes) is 1. The number of phenolic OH excluding ortho intramolecular Hbond substituents is 1. The second kappa shape index (κ2) is 50.8. The summed E-state index contributed by atoms with van der Waals surface area (Å²) in [5, 5.41) is 10.2. The molecule has 7 aromatic carbocycles. The summed E-state index contributed by atoms with van der Waals surface area (Å²) >= 11 is 11.7. The number of methoxy groups -OCH3 is 1. The summed E-state index contributed by atoms with van der Waals surface area (Å²) < 4.78 is 18.8. The second-order valence-corrected chi connectivity index (χ2v) is 28.0. The van der Waals surface area contributed by atoms with Crippen molar-refractivity contribution in [1.82, 2.24) is 0 Å². The highest BCUT2D eigenvalue weighted by Gasteiger charge is 2.07. The number of phenols is 1. The van der Waals surface area contributed by atoms with Crippen molar-refractivity contribution in [3.63, 3.8) is 0 Å². The third-order valence-electron chi connectivity index (χ3n) is 14.7. The maximum absolute atomic E-state index is 9.42. The van der Waals surface area contributed by atoms with E-state index in [1.165, 1.54) is 118 Å². The molecule has 1 N–H and O–H groups in total. The van der Waals surface area contributed by atoms with Gasteiger partial charge in [-0.1, -0.05) is 233 Å². The molecule has 0 aliphatic carbocycles. The molecule has 492 valence electrons. The highest BCUT2D eigenvalue weighted by molar-refractivity contribution is 14.1. The first-order valence-electron chi connectivity index (χ1n) is 33.6. The molecule has 0 unspecified atom stereocenters. The highest BCUT2D eigenvalue weighted by atomic mass is 127. The van der Waals surface area contributed by atoms with Crippen molar-refractivity contribution in [2.24, 2.45) is 35.5 Å². The number of hydrogen-bond donors (Lipinski definition) is 1. The Morgan fingerprint density at radius 1 is 0.427 bits per heavy atom. The summed E-state index contributed by atoms with van der Waals surface area (Å²) in [6.07, 6.45) is 18.0. The molecule has 0 aliphatic rings. The zero-order valence-electron chi connectivity index (χ0n) is 58.4. The molecular formula is C82H119BrClIO4. The molecule has 7 rings (SSSR count). The van der Waals surface area contributed by atoms with Gasteiger partial charge in [-0.25, -0.2) is 0 Å². The second-order valence-electron chi connectivity index (χ2n) is 25.6. The molecule has 0 fully saturated rings. The first kappa shape index (κ1) is 82.3. The fourth-order valence-corrected chi connectivity index (χ4v) is 10.0. The smallest absolute Gasteiger partial charge is 0.161 e. The lowest BCUT2D eigenvalue weighted by Gasteiger charge is -2.12. The Hall–Kier alpha value is -4.76. The topological polar surface area (TPSA) is 47.9 Å². The van der Waals surface area contributed by atoms with Gasteiger partial charge in [0.25, 0.3) is 0 Å². The molecule has 0 heterocycles. The molecule has 0 spiro atoms. The Balaban J connectivity index is 0.000000520. The van der Waals surface area contributed by atoms with Crippen molar-refractivity contribution in [2.75, 3.05) is 20.3 Å². The van der Waals surface area contributed by atoms with E-state index >= 15 is 0 Å². The van der Waals surface area contributed by atoms with Crippen LogP contribution >= 0.6 is 50.1 Å². The van der Waals surface area contributed by atoms with Gasteiger partial charge in [0.2, 0.25) is 0 Å². The van der Waals surface area contributed by atoms with Crippen molar-refractivity contribution in [3.05, 3.63) is 221 Å². The summed E-state index contributed by atoms with van der Waals surface area (Å²) in [4.78, 5) is 0. The van der Waals surface area contributed by atoms with Crippen molar-refractivity contribution in [1.29, 1.82) is 0 Å². The van der Waals surface area contributed by atoms with Crippen LogP contribution in [0.5, 0.6) is 23.0 Å². The molecule has 89 heavy (non-hydrogen) atoms. The Bertz CT molecular complexity index is 2610. The van der Waals surface area contributed by atoms with Gasteiger partial charge in [0.05, 0.1) is 20.3 Å². The quantitative estimate of drug-likeness (QED) is 0.0549. The van der Waals surface area contributed by atoms with Gasteiger partial charge in [-0.05, 0) is 268 Å². The van der Waals surface area contributed by atoms with Gasteiger partial charge in [0.15, 0.2) is 11.5 Å². The van der Waals surface area contributed by atoms with Crippen molar-refractivity contribution in [3.8, 4) is 23.0 Å². The summed E-state index contributed by atoms with van der Waals surface area (Å²) in [6.45, 7) is 36.7. The zero-order valence-corrected chi connectivity index (χ0v) is 62.9. The molecule has 4 nitrogen and oxygen atoms in total. The number of aromatic hydroxyl groups is 1. The summed E-state index contributed by atoms with van der Waals surface area (Å²) in [7, 11) is 1.70. The number of hydrogen-bond acceptors (Lipinski definition) is 4. The van der Waals surface area contributed by atoms with Gasteiger partial charge >= 0.3 is 0 Å². The van der Waals surface area contributed by atoms with Gasteiger partial charge in [-0.15, -0.1) is 0 Å². The third kappa shape index (κ3) is 42.1. The maximum atomic E-state index is 9.42. The molecule has 0 aliphatic heterocycles. The number of para-hydroxylation sites is 1. The van der Waals surface area contributed by atoms with Gasteiger partial charge in [0, 0.05) is 13.1 Å². The van der Waals surface area contributed by atoms with Crippen LogP contribution in [0, 0.1) is 46.0 Å². The Labute approximate surface area is 572 Å². The van der Waals surface area contributed by atoms with E-state index < -0.39 is 0 Å². The van der Waals surface area contributed by atoms with Crippen LogP contribution in [0.15, 0.2) is 168 Å². The van der Waals surface area contributed by atoms with Crippen LogP contribution in [-0.2, 0) is 44.9 Å². The summed E-state index contributed by atoms with van der Waals surface area (Å²) in [5.41, 5.74) is 11.0. The lowest BCUT2D eigenvalue weighted by Crippen LogP contribution is -1.99. The average Bonchev–Trinajstić information content (AvgIpc) is 3.71. The van der Waals surface area contributed by atoms with Crippen molar-refractivity contribution < 1.29 is 19.3 Å². The SMILES string of the molecule is CC(C)CCc1ccc(Cl)cc1.CC(C)CCc1ccccc1Br.CC(C)CCc1ccccc1I.CC(C)CCc1ccccc1O.CCCCc1ccc(OCC)c(OCC)c1.COc1ccc(CCC(C)C)cc1.Cc1ccccc1CCC(C)C. The van der Waals surface area contributed by atoms with Crippen molar-refractivity contribution in [2.45, 2.75) is 207 Å². The van der Waals surface area contributed by atoms with Crippen LogP contribution < -0.4 is 14.2 Å².